The van der Waals surface area contributed by atoms with Gasteiger partial charge in [0.2, 0.25) is 5.91 Å². The number of benzene rings is 1. The van der Waals surface area contributed by atoms with E-state index in [2.05, 4.69) is 12.2 Å². The molecule has 0 aliphatic carbocycles. The number of hydrogen-bond donors (Lipinski definition) is 2. The monoisotopic (exact) mass is 252 g/mol. The van der Waals surface area contributed by atoms with Crippen LogP contribution in [0, 0.1) is 0 Å². The van der Waals surface area contributed by atoms with Crippen LogP contribution in [-0.4, -0.2) is 18.2 Å². The smallest absolute Gasteiger partial charge is 0.230 e. The lowest BCUT2D eigenvalue weighted by atomic mass is 10.1. The number of amides is 1. The first-order valence-electron chi connectivity index (χ1n) is 5.93. The van der Waals surface area contributed by atoms with Gasteiger partial charge < -0.3 is 11.1 Å². The van der Waals surface area contributed by atoms with Crippen LogP contribution in [0.2, 0.25) is 0 Å². The van der Waals surface area contributed by atoms with Gasteiger partial charge in [-0.3, -0.25) is 4.79 Å². The van der Waals surface area contributed by atoms with E-state index in [4.69, 9.17) is 5.73 Å². The minimum Gasteiger partial charge on any atom is -0.356 e. The molecule has 1 atom stereocenters. The zero-order valence-electron chi connectivity index (χ0n) is 10.4. The van der Waals surface area contributed by atoms with Crippen LogP contribution in [0.15, 0.2) is 29.2 Å². The van der Waals surface area contributed by atoms with E-state index in [-0.39, 0.29) is 11.9 Å². The minimum absolute atomic E-state index is 0.0490. The molecule has 0 aromatic heterocycles. The van der Waals surface area contributed by atoms with Crippen molar-refractivity contribution in [2.24, 2.45) is 5.73 Å². The van der Waals surface area contributed by atoms with Crippen LogP contribution in [0.25, 0.3) is 0 Å². The number of rotatable bonds is 6. The maximum Gasteiger partial charge on any atom is 0.230 e. The van der Waals surface area contributed by atoms with Gasteiger partial charge in [-0.2, -0.15) is 0 Å². The molecular formula is C13H20N2OS. The second kappa shape index (κ2) is 7.35. The fraction of sp³-hybridized carbons (Fsp3) is 0.462. The molecule has 1 rings (SSSR count). The fourth-order valence-electron chi connectivity index (χ4n) is 1.53. The first-order valence-corrected chi connectivity index (χ1v) is 6.91. The molecule has 0 bridgehead atoms. The van der Waals surface area contributed by atoms with Gasteiger partial charge in [-0.1, -0.05) is 25.1 Å². The largest absolute Gasteiger partial charge is 0.356 e. The van der Waals surface area contributed by atoms with Crippen LogP contribution >= 0.6 is 11.8 Å². The summed E-state index contributed by atoms with van der Waals surface area (Å²) < 4.78 is 0. The molecule has 0 aliphatic heterocycles. The minimum atomic E-state index is 0.0490. The Labute approximate surface area is 107 Å². The van der Waals surface area contributed by atoms with Crippen molar-refractivity contribution in [2.75, 3.05) is 12.3 Å². The molecule has 1 aromatic carbocycles. The van der Waals surface area contributed by atoms with Gasteiger partial charge in [-0.25, -0.2) is 0 Å². The van der Waals surface area contributed by atoms with Crippen molar-refractivity contribution in [3.05, 3.63) is 29.8 Å². The highest BCUT2D eigenvalue weighted by Gasteiger charge is 2.10. The molecule has 0 fully saturated rings. The van der Waals surface area contributed by atoms with Crippen LogP contribution in [0.4, 0.5) is 0 Å². The normalized spacial score (nSPS) is 12.2. The third kappa shape index (κ3) is 4.40. The van der Waals surface area contributed by atoms with Crippen molar-refractivity contribution in [1.29, 1.82) is 0 Å². The van der Waals surface area contributed by atoms with Crippen molar-refractivity contribution in [1.82, 2.24) is 5.32 Å². The molecule has 0 heterocycles. The molecular weight excluding hydrogens is 232 g/mol. The first kappa shape index (κ1) is 14.1. The molecule has 4 heteroatoms. The molecule has 0 radical (unpaired) electrons. The Morgan fingerprint density at radius 2 is 2.12 bits per heavy atom. The van der Waals surface area contributed by atoms with E-state index in [1.165, 1.54) is 0 Å². The topological polar surface area (TPSA) is 55.1 Å². The Morgan fingerprint density at radius 1 is 1.41 bits per heavy atom. The second-order valence-corrected chi connectivity index (χ2v) is 4.81. The number of thioether (sulfide) groups is 1. The first-order chi connectivity index (χ1) is 8.19. The van der Waals surface area contributed by atoms with Crippen molar-refractivity contribution in [3.8, 4) is 0 Å². The lowest BCUT2D eigenvalue weighted by molar-refractivity contribution is -0.118. The van der Waals surface area contributed by atoms with Crippen LogP contribution < -0.4 is 11.1 Å². The number of carbonyl (C=O) groups is 1. The molecule has 0 saturated carbocycles. The average molecular weight is 252 g/mol. The highest BCUT2D eigenvalue weighted by Crippen LogP contribution is 2.27. The van der Waals surface area contributed by atoms with E-state index in [1.807, 2.05) is 31.2 Å². The lowest BCUT2D eigenvalue weighted by Gasteiger charge is -2.14. The summed E-state index contributed by atoms with van der Waals surface area (Å²) in [6.45, 7) is 4.66. The van der Waals surface area contributed by atoms with Gasteiger partial charge in [0.05, 0.1) is 5.75 Å². The summed E-state index contributed by atoms with van der Waals surface area (Å²) in [5, 5.41) is 2.79. The van der Waals surface area contributed by atoms with Gasteiger partial charge >= 0.3 is 0 Å². The van der Waals surface area contributed by atoms with E-state index < -0.39 is 0 Å². The molecule has 1 aromatic rings. The zero-order chi connectivity index (χ0) is 12.7. The third-order valence-corrected chi connectivity index (χ3v) is 3.58. The molecule has 0 spiro atoms. The van der Waals surface area contributed by atoms with Gasteiger partial charge in [-0.15, -0.1) is 11.8 Å². The van der Waals surface area contributed by atoms with Gasteiger partial charge in [-0.05, 0) is 25.0 Å². The summed E-state index contributed by atoms with van der Waals surface area (Å²) in [4.78, 5) is 12.5. The third-order valence-electron chi connectivity index (χ3n) is 2.49. The predicted octanol–water partition coefficient (Wildman–Crippen LogP) is 2.32. The second-order valence-electron chi connectivity index (χ2n) is 3.79. The van der Waals surface area contributed by atoms with Crippen molar-refractivity contribution in [2.45, 2.75) is 31.2 Å². The fourth-order valence-corrected chi connectivity index (χ4v) is 2.48. The van der Waals surface area contributed by atoms with Crippen molar-refractivity contribution in [3.63, 3.8) is 0 Å². The molecule has 17 heavy (non-hydrogen) atoms. The molecule has 3 nitrogen and oxygen atoms in total. The van der Waals surface area contributed by atoms with E-state index in [0.717, 1.165) is 16.9 Å². The quantitative estimate of drug-likeness (QED) is 0.764. The Balaban J connectivity index is 2.67. The van der Waals surface area contributed by atoms with Crippen LogP contribution in [0.3, 0.4) is 0 Å². The Kier molecular flexibility index (Phi) is 6.08. The van der Waals surface area contributed by atoms with E-state index in [1.54, 1.807) is 11.8 Å². The zero-order valence-corrected chi connectivity index (χ0v) is 11.2. The Morgan fingerprint density at radius 3 is 2.76 bits per heavy atom. The van der Waals surface area contributed by atoms with Gasteiger partial charge in [0, 0.05) is 17.5 Å². The van der Waals surface area contributed by atoms with Crippen LogP contribution in [0.5, 0.6) is 0 Å². The van der Waals surface area contributed by atoms with Gasteiger partial charge in [0.25, 0.3) is 0 Å². The number of carbonyl (C=O) groups excluding carboxylic acids is 1. The highest BCUT2D eigenvalue weighted by molar-refractivity contribution is 8.00. The molecule has 3 N–H and O–H groups in total. The van der Waals surface area contributed by atoms with E-state index in [0.29, 0.717) is 12.3 Å². The van der Waals surface area contributed by atoms with Gasteiger partial charge in [0.15, 0.2) is 0 Å². The van der Waals surface area contributed by atoms with Gasteiger partial charge in [0.1, 0.15) is 0 Å². The van der Waals surface area contributed by atoms with E-state index in [9.17, 15) is 4.79 Å². The maximum atomic E-state index is 11.4. The summed E-state index contributed by atoms with van der Waals surface area (Å²) in [5.41, 5.74) is 7.18. The summed E-state index contributed by atoms with van der Waals surface area (Å²) >= 11 is 1.55. The predicted molar refractivity (Wildman–Crippen MR) is 73.1 cm³/mol. The summed E-state index contributed by atoms with van der Waals surface area (Å²) in [6, 6.07) is 8.07. The molecule has 1 unspecified atom stereocenters. The molecule has 94 valence electrons. The maximum absolute atomic E-state index is 11.4. The molecule has 0 saturated heterocycles. The standard InChI is InChI=1S/C13H20N2OS/c1-3-11(14)10-7-5-6-8-12(10)17-9-13(16)15-4-2/h5-8,11H,3-4,9,14H2,1-2H3,(H,15,16). The lowest BCUT2D eigenvalue weighted by Crippen LogP contribution is -2.24. The Bertz CT molecular complexity index is 368. The highest BCUT2D eigenvalue weighted by atomic mass is 32.2. The van der Waals surface area contributed by atoms with Crippen LogP contribution in [0.1, 0.15) is 31.9 Å². The molecule has 1 amide bonds. The molecule has 0 aliphatic rings. The number of nitrogens with one attached hydrogen (secondary N) is 1. The van der Waals surface area contributed by atoms with Crippen LogP contribution in [-0.2, 0) is 4.79 Å². The summed E-state index contributed by atoms with van der Waals surface area (Å²) in [5.74, 6) is 0.513. The van der Waals surface area contributed by atoms with Crippen molar-refractivity contribution >= 4 is 17.7 Å². The SMILES string of the molecule is CCNC(=O)CSc1ccccc1C(N)CC. The number of hydrogen-bond acceptors (Lipinski definition) is 3. The summed E-state index contributed by atoms with van der Waals surface area (Å²) in [6.07, 6.45) is 0.902. The Hall–Kier alpha value is -1.00. The van der Waals surface area contributed by atoms with Crippen molar-refractivity contribution < 1.29 is 4.79 Å². The number of nitrogens with two attached hydrogens (primary N) is 1. The summed E-state index contributed by atoms with van der Waals surface area (Å²) in [7, 11) is 0. The average Bonchev–Trinajstić information content (AvgIpc) is 2.36. The van der Waals surface area contributed by atoms with E-state index >= 15 is 0 Å².